The third kappa shape index (κ3) is 2.22. The fourth-order valence-electron chi connectivity index (χ4n) is 1.38. The Balaban J connectivity index is 2.82. The summed E-state index contributed by atoms with van der Waals surface area (Å²) in [5.41, 5.74) is -0.0835. The van der Waals surface area contributed by atoms with Crippen molar-refractivity contribution in [1.29, 1.82) is 0 Å². The summed E-state index contributed by atoms with van der Waals surface area (Å²) in [4.78, 5) is 13.5. The Hall–Kier alpha value is -1.30. The van der Waals surface area contributed by atoms with Crippen LogP contribution in [0.5, 0.6) is 5.88 Å². The molecule has 4 nitrogen and oxygen atoms in total. The number of nitrogens with one attached hydrogen (secondary N) is 1. The van der Waals surface area contributed by atoms with E-state index >= 15 is 0 Å². The highest BCUT2D eigenvalue weighted by molar-refractivity contribution is 7.71. The molecule has 7 heteroatoms. The van der Waals surface area contributed by atoms with Gasteiger partial charge in [0.15, 0.2) is 4.77 Å². The Kier molecular flexibility index (Phi) is 3.24. The molecule has 0 atom stereocenters. The molecule has 1 aromatic heterocycles. The van der Waals surface area contributed by atoms with Crippen molar-refractivity contribution in [3.63, 3.8) is 0 Å². The predicted octanol–water partition coefficient (Wildman–Crippen LogP) is 2.91. The molecule has 0 unspecified atom stereocenters. The topological polar surface area (TPSA) is 58.0 Å². The Morgan fingerprint density at radius 3 is 2.71 bits per heavy atom. The summed E-state index contributed by atoms with van der Waals surface area (Å²) in [5, 5.41) is 10.3. The molecule has 0 fully saturated rings. The second-order valence-corrected chi connectivity index (χ2v) is 4.38. The molecule has 88 valence electrons. The fraction of sp³-hybridized carbons (Fsp3) is 0. The number of aromatic nitrogens is 2. The fourth-order valence-corrected chi connectivity index (χ4v) is 2.05. The average Bonchev–Trinajstić information content (AvgIpc) is 2.23. The first-order chi connectivity index (χ1) is 8.00. The monoisotopic (exact) mass is 288 g/mol. The summed E-state index contributed by atoms with van der Waals surface area (Å²) < 4.78 is 1.27. The molecule has 17 heavy (non-hydrogen) atoms. The minimum atomic E-state index is -0.484. The number of nitrogens with zero attached hydrogens (tertiary/aromatic N) is 1. The average molecular weight is 289 g/mol. The number of aromatic hydroxyl groups is 1. The van der Waals surface area contributed by atoms with E-state index in [0.717, 1.165) is 6.07 Å². The van der Waals surface area contributed by atoms with Gasteiger partial charge in [0.1, 0.15) is 0 Å². The summed E-state index contributed by atoms with van der Waals surface area (Å²) in [7, 11) is 0. The smallest absolute Gasteiger partial charge is 0.255 e. The Morgan fingerprint density at radius 1 is 1.35 bits per heavy atom. The third-order valence-electron chi connectivity index (χ3n) is 2.09. The maximum atomic E-state index is 11.1. The van der Waals surface area contributed by atoms with Crippen LogP contribution < -0.4 is 5.56 Å². The zero-order valence-electron chi connectivity index (χ0n) is 8.28. The van der Waals surface area contributed by atoms with Crippen molar-refractivity contribution in [3.8, 4) is 11.6 Å². The molecule has 1 heterocycles. The molecular formula is C10H6Cl2N2O2S. The third-order valence-corrected chi connectivity index (χ3v) is 3.19. The largest absolute Gasteiger partial charge is 0.494 e. The molecule has 0 bridgehead atoms. The van der Waals surface area contributed by atoms with Crippen LogP contribution in [0.2, 0.25) is 10.0 Å². The van der Waals surface area contributed by atoms with Gasteiger partial charge in [0.05, 0.1) is 21.8 Å². The van der Waals surface area contributed by atoms with Crippen LogP contribution in [-0.2, 0) is 0 Å². The quantitative estimate of drug-likeness (QED) is 0.794. The lowest BCUT2D eigenvalue weighted by molar-refractivity contribution is 0.433. The number of hydrogen-bond donors (Lipinski definition) is 2. The maximum Gasteiger partial charge on any atom is 0.255 e. The van der Waals surface area contributed by atoms with Crippen LogP contribution in [0, 0.1) is 4.77 Å². The van der Waals surface area contributed by atoms with Crippen molar-refractivity contribution >= 4 is 35.4 Å². The van der Waals surface area contributed by atoms with Crippen LogP contribution >= 0.6 is 35.4 Å². The van der Waals surface area contributed by atoms with Crippen LogP contribution in [-0.4, -0.2) is 14.7 Å². The van der Waals surface area contributed by atoms with Crippen molar-refractivity contribution in [2.24, 2.45) is 0 Å². The molecule has 0 aliphatic heterocycles. The van der Waals surface area contributed by atoms with E-state index in [9.17, 15) is 9.90 Å². The van der Waals surface area contributed by atoms with E-state index in [4.69, 9.17) is 35.4 Å². The molecule has 0 spiro atoms. The van der Waals surface area contributed by atoms with E-state index < -0.39 is 5.56 Å². The Labute approximate surface area is 111 Å². The van der Waals surface area contributed by atoms with Gasteiger partial charge in [-0.2, -0.15) is 0 Å². The second kappa shape index (κ2) is 4.52. The van der Waals surface area contributed by atoms with Crippen LogP contribution in [0.1, 0.15) is 0 Å². The summed E-state index contributed by atoms with van der Waals surface area (Å²) >= 11 is 16.8. The predicted molar refractivity (Wildman–Crippen MR) is 68.9 cm³/mol. The van der Waals surface area contributed by atoms with Crippen molar-refractivity contribution in [2.45, 2.75) is 0 Å². The highest BCUT2D eigenvalue weighted by Crippen LogP contribution is 2.30. The van der Waals surface area contributed by atoms with Crippen LogP contribution in [0.15, 0.2) is 29.1 Å². The van der Waals surface area contributed by atoms with Gasteiger partial charge in [-0.1, -0.05) is 29.3 Å². The first kappa shape index (κ1) is 12.2. The molecule has 0 saturated heterocycles. The van der Waals surface area contributed by atoms with Gasteiger partial charge in [0.25, 0.3) is 5.56 Å². The van der Waals surface area contributed by atoms with Crippen molar-refractivity contribution in [2.75, 3.05) is 0 Å². The molecule has 0 radical (unpaired) electrons. The zero-order valence-corrected chi connectivity index (χ0v) is 10.6. The van der Waals surface area contributed by atoms with E-state index in [1.165, 1.54) is 4.57 Å². The molecule has 0 aliphatic carbocycles. The first-order valence-corrected chi connectivity index (χ1v) is 5.67. The molecule has 0 amide bonds. The van der Waals surface area contributed by atoms with Gasteiger partial charge in [-0.15, -0.1) is 0 Å². The number of aromatic amines is 1. The summed E-state index contributed by atoms with van der Waals surface area (Å²) in [6.07, 6.45) is 0. The van der Waals surface area contributed by atoms with E-state index in [0.29, 0.717) is 10.7 Å². The number of rotatable bonds is 1. The SMILES string of the molecule is O=c1cc(O)n(-c2cccc(Cl)c2Cl)c(=S)[nH]1. The lowest BCUT2D eigenvalue weighted by atomic mass is 10.3. The van der Waals surface area contributed by atoms with Crippen LogP contribution in [0.4, 0.5) is 0 Å². The van der Waals surface area contributed by atoms with E-state index in [-0.39, 0.29) is 15.7 Å². The minimum absolute atomic E-state index is 0.0409. The molecule has 1 aromatic carbocycles. The number of hydrogen-bond acceptors (Lipinski definition) is 3. The van der Waals surface area contributed by atoms with Crippen LogP contribution in [0.25, 0.3) is 5.69 Å². The Morgan fingerprint density at radius 2 is 2.06 bits per heavy atom. The summed E-state index contributed by atoms with van der Waals surface area (Å²) in [5.74, 6) is -0.303. The number of H-pyrrole nitrogens is 1. The van der Waals surface area contributed by atoms with E-state index in [2.05, 4.69) is 4.98 Å². The van der Waals surface area contributed by atoms with E-state index in [1.807, 2.05) is 0 Å². The number of benzene rings is 1. The van der Waals surface area contributed by atoms with Gasteiger partial charge < -0.3 is 5.11 Å². The van der Waals surface area contributed by atoms with Gasteiger partial charge >= 0.3 is 0 Å². The molecule has 2 rings (SSSR count). The molecular weight excluding hydrogens is 283 g/mol. The highest BCUT2D eigenvalue weighted by Gasteiger charge is 2.10. The lowest BCUT2D eigenvalue weighted by Crippen LogP contribution is -2.11. The minimum Gasteiger partial charge on any atom is -0.494 e. The lowest BCUT2D eigenvalue weighted by Gasteiger charge is -2.11. The molecule has 0 aliphatic rings. The van der Waals surface area contributed by atoms with Gasteiger partial charge in [-0.25, -0.2) is 0 Å². The molecule has 0 saturated carbocycles. The van der Waals surface area contributed by atoms with Crippen molar-refractivity contribution in [1.82, 2.24) is 9.55 Å². The molecule has 2 aromatic rings. The highest BCUT2D eigenvalue weighted by atomic mass is 35.5. The maximum absolute atomic E-state index is 11.1. The summed E-state index contributed by atoms with van der Waals surface area (Å²) in [6, 6.07) is 5.91. The normalized spacial score (nSPS) is 10.5. The van der Waals surface area contributed by atoms with Crippen molar-refractivity contribution in [3.05, 3.63) is 49.4 Å². The van der Waals surface area contributed by atoms with Gasteiger partial charge in [-0.05, 0) is 24.4 Å². The van der Waals surface area contributed by atoms with Gasteiger partial charge in [0.2, 0.25) is 5.88 Å². The van der Waals surface area contributed by atoms with E-state index in [1.54, 1.807) is 18.2 Å². The number of halogens is 2. The second-order valence-electron chi connectivity index (χ2n) is 3.21. The Bertz CT molecular complexity index is 693. The first-order valence-electron chi connectivity index (χ1n) is 4.50. The summed E-state index contributed by atoms with van der Waals surface area (Å²) in [6.45, 7) is 0. The zero-order chi connectivity index (χ0) is 12.6. The van der Waals surface area contributed by atoms with Gasteiger partial charge in [-0.3, -0.25) is 14.3 Å². The standard InChI is InChI=1S/C10H6Cl2N2O2S/c11-5-2-1-3-6(9(5)12)14-8(16)4-7(15)13-10(14)17/h1-4,16H,(H,13,15,17). The molecule has 2 N–H and O–H groups in total. The van der Waals surface area contributed by atoms with Crippen LogP contribution in [0.3, 0.4) is 0 Å². The van der Waals surface area contributed by atoms with Gasteiger partial charge in [0, 0.05) is 0 Å². The van der Waals surface area contributed by atoms with Crippen molar-refractivity contribution < 1.29 is 5.11 Å².